The molecule has 148 valence electrons. The van der Waals surface area contributed by atoms with Crippen molar-refractivity contribution in [2.45, 2.75) is 26.7 Å². The normalized spacial score (nSPS) is 10.7. The Hall–Kier alpha value is -3.45. The number of carbonyl (C=O) groups is 1. The summed E-state index contributed by atoms with van der Waals surface area (Å²) in [4.78, 5) is 13.6. The van der Waals surface area contributed by atoms with Gasteiger partial charge in [0.1, 0.15) is 0 Å². The molecule has 0 saturated heterocycles. The Morgan fingerprint density at radius 3 is 1.43 bits per heavy atom. The molecule has 0 fully saturated rings. The Kier molecular flexibility index (Phi) is 5.90. The van der Waals surface area contributed by atoms with Gasteiger partial charge < -0.3 is 0 Å². The Morgan fingerprint density at radius 2 is 1.00 bits per heavy atom. The van der Waals surface area contributed by atoms with E-state index in [-0.39, 0.29) is 5.78 Å². The monoisotopic (exact) mass is 390 g/mol. The highest BCUT2D eigenvalue weighted by molar-refractivity contribution is 6.11. The standard InChI is InChI=1S/C29H26O/c1-21-9-7-11-23(17-21)19-25-13-3-5-15-27(25)29(30)28-16-6-4-14-26(28)20-24-12-8-10-22(2)18-24/h3-18H,19-20H2,1-2H3. The third-order valence-corrected chi connectivity index (χ3v) is 5.48. The smallest absolute Gasteiger partial charge is 0.193 e. The van der Waals surface area contributed by atoms with Crippen LogP contribution in [0.2, 0.25) is 0 Å². The molecular formula is C29H26O. The maximum atomic E-state index is 13.6. The van der Waals surface area contributed by atoms with Crippen LogP contribution in [0.1, 0.15) is 49.3 Å². The van der Waals surface area contributed by atoms with Crippen LogP contribution in [0, 0.1) is 13.8 Å². The van der Waals surface area contributed by atoms with Crippen molar-refractivity contribution in [3.63, 3.8) is 0 Å². The van der Waals surface area contributed by atoms with Gasteiger partial charge in [-0.2, -0.15) is 0 Å². The van der Waals surface area contributed by atoms with Gasteiger partial charge in [-0.15, -0.1) is 0 Å². The van der Waals surface area contributed by atoms with Gasteiger partial charge >= 0.3 is 0 Å². The summed E-state index contributed by atoms with van der Waals surface area (Å²) in [5.74, 6) is 0.0986. The molecule has 0 aliphatic rings. The summed E-state index contributed by atoms with van der Waals surface area (Å²) in [5.41, 5.74) is 8.63. The van der Waals surface area contributed by atoms with E-state index in [1.807, 2.05) is 36.4 Å². The minimum absolute atomic E-state index is 0.0986. The van der Waals surface area contributed by atoms with Gasteiger partial charge in [-0.3, -0.25) is 4.79 Å². The van der Waals surface area contributed by atoms with Crippen LogP contribution in [0.3, 0.4) is 0 Å². The summed E-state index contributed by atoms with van der Waals surface area (Å²) >= 11 is 0. The Labute approximate surface area is 179 Å². The second-order valence-electron chi connectivity index (χ2n) is 7.98. The molecular weight excluding hydrogens is 364 g/mol. The third kappa shape index (κ3) is 4.58. The molecule has 0 aromatic heterocycles. The van der Waals surface area contributed by atoms with E-state index in [0.717, 1.165) is 35.1 Å². The molecule has 0 radical (unpaired) electrons. The fourth-order valence-electron chi connectivity index (χ4n) is 4.02. The number of benzene rings is 4. The summed E-state index contributed by atoms with van der Waals surface area (Å²) in [6.45, 7) is 4.20. The first-order valence-corrected chi connectivity index (χ1v) is 10.4. The Morgan fingerprint density at radius 1 is 0.567 bits per heavy atom. The van der Waals surface area contributed by atoms with Gasteiger partial charge in [0, 0.05) is 11.1 Å². The van der Waals surface area contributed by atoms with Crippen molar-refractivity contribution in [2.75, 3.05) is 0 Å². The van der Waals surface area contributed by atoms with Gasteiger partial charge in [-0.1, -0.05) is 108 Å². The van der Waals surface area contributed by atoms with Gasteiger partial charge in [0.15, 0.2) is 5.78 Å². The lowest BCUT2D eigenvalue weighted by Crippen LogP contribution is -2.09. The molecule has 1 heteroatoms. The molecule has 0 spiro atoms. The molecule has 0 unspecified atom stereocenters. The molecule has 0 N–H and O–H groups in total. The molecule has 4 rings (SSSR count). The lowest BCUT2D eigenvalue weighted by molar-refractivity contribution is 0.103. The lowest BCUT2D eigenvalue weighted by Gasteiger charge is -2.13. The number of rotatable bonds is 6. The molecule has 0 saturated carbocycles. The van der Waals surface area contributed by atoms with Crippen LogP contribution in [0.25, 0.3) is 0 Å². The van der Waals surface area contributed by atoms with Gasteiger partial charge in [-0.05, 0) is 48.9 Å². The van der Waals surface area contributed by atoms with Crippen molar-refractivity contribution >= 4 is 5.78 Å². The van der Waals surface area contributed by atoms with Crippen LogP contribution in [0.15, 0.2) is 97.1 Å². The van der Waals surface area contributed by atoms with Crippen molar-refractivity contribution in [1.82, 2.24) is 0 Å². The molecule has 1 nitrogen and oxygen atoms in total. The first kappa shape index (κ1) is 19.8. The van der Waals surface area contributed by atoms with Crippen LogP contribution < -0.4 is 0 Å². The van der Waals surface area contributed by atoms with Crippen LogP contribution >= 0.6 is 0 Å². The first-order valence-electron chi connectivity index (χ1n) is 10.4. The van der Waals surface area contributed by atoms with Gasteiger partial charge in [0.05, 0.1) is 0 Å². The molecule has 0 bridgehead atoms. The molecule has 4 aromatic rings. The zero-order valence-corrected chi connectivity index (χ0v) is 17.6. The minimum Gasteiger partial charge on any atom is -0.289 e. The summed E-state index contributed by atoms with van der Waals surface area (Å²) in [6, 6.07) is 33.0. The molecule has 0 aliphatic heterocycles. The van der Waals surface area contributed by atoms with E-state index in [1.54, 1.807) is 0 Å². The molecule has 0 aliphatic carbocycles. The predicted octanol–water partition coefficient (Wildman–Crippen LogP) is 6.72. The van der Waals surface area contributed by atoms with Crippen LogP contribution in [0.4, 0.5) is 0 Å². The van der Waals surface area contributed by atoms with E-state index in [1.165, 1.54) is 22.3 Å². The van der Waals surface area contributed by atoms with Crippen LogP contribution in [-0.4, -0.2) is 5.78 Å². The van der Waals surface area contributed by atoms with E-state index >= 15 is 0 Å². The highest BCUT2D eigenvalue weighted by Crippen LogP contribution is 2.22. The van der Waals surface area contributed by atoms with Gasteiger partial charge in [-0.25, -0.2) is 0 Å². The van der Waals surface area contributed by atoms with Crippen molar-refractivity contribution in [3.05, 3.63) is 142 Å². The van der Waals surface area contributed by atoms with E-state index in [4.69, 9.17) is 0 Å². The number of hydrogen-bond donors (Lipinski definition) is 0. The molecule has 30 heavy (non-hydrogen) atoms. The summed E-state index contributed by atoms with van der Waals surface area (Å²) in [7, 11) is 0. The second-order valence-corrected chi connectivity index (χ2v) is 7.98. The minimum atomic E-state index is 0.0986. The fraction of sp³-hybridized carbons (Fsp3) is 0.138. The SMILES string of the molecule is Cc1cccc(Cc2ccccc2C(=O)c2ccccc2Cc2cccc(C)c2)c1. The number of hydrogen-bond acceptors (Lipinski definition) is 1. The summed E-state index contributed by atoms with van der Waals surface area (Å²) in [6.07, 6.45) is 1.51. The maximum absolute atomic E-state index is 13.6. The topological polar surface area (TPSA) is 17.1 Å². The zero-order chi connectivity index (χ0) is 20.9. The van der Waals surface area contributed by atoms with E-state index < -0.39 is 0 Å². The summed E-state index contributed by atoms with van der Waals surface area (Å²) in [5, 5.41) is 0. The van der Waals surface area contributed by atoms with Gasteiger partial charge in [0.2, 0.25) is 0 Å². The van der Waals surface area contributed by atoms with Crippen LogP contribution in [0.5, 0.6) is 0 Å². The second kappa shape index (κ2) is 8.92. The number of aryl methyl sites for hydroxylation is 2. The Balaban J connectivity index is 1.67. The van der Waals surface area contributed by atoms with Crippen LogP contribution in [-0.2, 0) is 12.8 Å². The Bertz CT molecular complexity index is 1090. The first-order chi connectivity index (χ1) is 14.6. The summed E-state index contributed by atoms with van der Waals surface area (Å²) < 4.78 is 0. The number of carbonyl (C=O) groups excluding carboxylic acids is 1. The molecule has 0 atom stereocenters. The van der Waals surface area contributed by atoms with Crippen molar-refractivity contribution in [2.24, 2.45) is 0 Å². The lowest BCUT2D eigenvalue weighted by atomic mass is 9.90. The highest BCUT2D eigenvalue weighted by atomic mass is 16.1. The average molecular weight is 391 g/mol. The molecule has 0 heterocycles. The highest BCUT2D eigenvalue weighted by Gasteiger charge is 2.17. The van der Waals surface area contributed by atoms with E-state index in [2.05, 4.69) is 74.5 Å². The van der Waals surface area contributed by atoms with Crippen molar-refractivity contribution in [3.8, 4) is 0 Å². The largest absolute Gasteiger partial charge is 0.289 e. The fourth-order valence-corrected chi connectivity index (χ4v) is 4.02. The van der Waals surface area contributed by atoms with Crippen molar-refractivity contribution < 1.29 is 4.79 Å². The average Bonchev–Trinajstić information content (AvgIpc) is 2.74. The van der Waals surface area contributed by atoms with Crippen molar-refractivity contribution in [1.29, 1.82) is 0 Å². The van der Waals surface area contributed by atoms with Gasteiger partial charge in [0.25, 0.3) is 0 Å². The van der Waals surface area contributed by atoms with E-state index in [0.29, 0.717) is 0 Å². The maximum Gasteiger partial charge on any atom is 0.193 e. The zero-order valence-electron chi connectivity index (χ0n) is 17.6. The number of ketones is 1. The molecule has 4 aromatic carbocycles. The quantitative estimate of drug-likeness (QED) is 0.334. The molecule has 0 amide bonds. The van der Waals surface area contributed by atoms with E-state index in [9.17, 15) is 4.79 Å². The third-order valence-electron chi connectivity index (χ3n) is 5.48. The predicted molar refractivity (Wildman–Crippen MR) is 124 cm³/mol.